The number of rotatable bonds is 10. The highest BCUT2D eigenvalue weighted by molar-refractivity contribution is 5.68. The third-order valence-electron chi connectivity index (χ3n) is 5.72. The first-order chi connectivity index (χ1) is 17.9. The lowest BCUT2D eigenvalue weighted by Gasteiger charge is -2.37. The van der Waals surface area contributed by atoms with Crippen LogP contribution in [0.25, 0.3) is 0 Å². The highest BCUT2D eigenvalue weighted by atomic mass is 16.7. The van der Waals surface area contributed by atoms with Crippen molar-refractivity contribution in [1.82, 2.24) is 0 Å². The van der Waals surface area contributed by atoms with E-state index in [1.807, 2.05) is 0 Å². The number of hydrogen-bond acceptors (Lipinski definition) is 13. The average molecular weight is 534 g/mol. The molecule has 38 heavy (non-hydrogen) atoms. The van der Waals surface area contributed by atoms with Crippen LogP contribution in [0.15, 0.2) is 36.4 Å². The summed E-state index contributed by atoms with van der Waals surface area (Å²) >= 11 is 0. The smallest absolute Gasteiger partial charge is 0.305 e. The molecule has 0 amide bonds. The Morgan fingerprint density at radius 1 is 0.947 bits per heavy atom. The molecule has 0 aromatic heterocycles. The summed E-state index contributed by atoms with van der Waals surface area (Å²) in [6, 6.07) is 5.56. The molecule has 0 unspecified atom stereocenters. The van der Waals surface area contributed by atoms with Crippen molar-refractivity contribution in [3.05, 3.63) is 76.9 Å². The number of carbonyl (C=O) groups excluding carboxylic acids is 1. The highest BCUT2D eigenvalue weighted by Crippen LogP contribution is 2.34. The van der Waals surface area contributed by atoms with Gasteiger partial charge in [0.2, 0.25) is 6.29 Å². The first kappa shape index (κ1) is 27.7. The van der Waals surface area contributed by atoms with Crippen LogP contribution in [0.5, 0.6) is 0 Å². The fraction of sp³-hybridized carbons (Fsp3) is 0.381. The SMILES string of the molecule is CC(=O)O[C@@H]1O[C@@H](CN(C)c2ccc([N+](=O)[O-])cc2[N+](=O)[O-])CC[C@@H]1Nc1ccc([N+](=O)[O-])cc1[N+](=O)[O-]. The lowest BCUT2D eigenvalue weighted by molar-refractivity contribution is -0.393. The second kappa shape index (κ2) is 11.4. The maximum Gasteiger partial charge on any atom is 0.305 e. The zero-order chi connectivity index (χ0) is 28.1. The number of nitro groups is 4. The summed E-state index contributed by atoms with van der Waals surface area (Å²) < 4.78 is 11.2. The third-order valence-corrected chi connectivity index (χ3v) is 5.72. The van der Waals surface area contributed by atoms with Crippen LogP contribution < -0.4 is 10.2 Å². The molecule has 0 radical (unpaired) electrons. The second-order valence-electron chi connectivity index (χ2n) is 8.35. The molecular weight excluding hydrogens is 512 g/mol. The van der Waals surface area contributed by atoms with Gasteiger partial charge in [0.1, 0.15) is 11.4 Å². The molecule has 0 spiro atoms. The van der Waals surface area contributed by atoms with E-state index in [-0.39, 0.29) is 24.3 Å². The number of likely N-dealkylation sites (N-methyl/N-ethyl adjacent to an activating group) is 1. The summed E-state index contributed by atoms with van der Waals surface area (Å²) in [7, 11) is 1.53. The minimum Gasteiger partial charge on any atom is -0.434 e. The Labute approximate surface area is 213 Å². The van der Waals surface area contributed by atoms with Gasteiger partial charge in [-0.1, -0.05) is 0 Å². The predicted octanol–water partition coefficient (Wildman–Crippen LogP) is 3.30. The molecule has 2 aromatic carbocycles. The van der Waals surface area contributed by atoms with Crippen LogP contribution in [0.3, 0.4) is 0 Å². The summed E-state index contributed by atoms with van der Waals surface area (Å²) in [5.41, 5.74) is -1.86. The van der Waals surface area contributed by atoms with Crippen LogP contribution >= 0.6 is 0 Å². The second-order valence-corrected chi connectivity index (χ2v) is 8.35. The molecule has 0 bridgehead atoms. The molecule has 0 saturated carbocycles. The molecule has 1 heterocycles. The van der Waals surface area contributed by atoms with E-state index < -0.39 is 66.8 Å². The van der Waals surface area contributed by atoms with Crippen molar-refractivity contribution in [1.29, 1.82) is 0 Å². The van der Waals surface area contributed by atoms with Crippen molar-refractivity contribution in [2.75, 3.05) is 23.8 Å². The number of non-ortho nitro benzene ring substituents is 2. The molecule has 0 aliphatic carbocycles. The summed E-state index contributed by atoms with van der Waals surface area (Å²) in [6.07, 6.45) is -1.20. The lowest BCUT2D eigenvalue weighted by Crippen LogP contribution is -2.48. The van der Waals surface area contributed by atoms with Gasteiger partial charge in [-0.25, -0.2) is 0 Å². The third kappa shape index (κ3) is 6.44. The fourth-order valence-corrected chi connectivity index (χ4v) is 4.01. The van der Waals surface area contributed by atoms with Gasteiger partial charge in [0, 0.05) is 32.6 Å². The van der Waals surface area contributed by atoms with Crippen molar-refractivity contribution in [2.24, 2.45) is 0 Å². The first-order valence-corrected chi connectivity index (χ1v) is 11.0. The summed E-state index contributed by atoms with van der Waals surface area (Å²) in [5, 5.41) is 47.8. The van der Waals surface area contributed by atoms with E-state index >= 15 is 0 Å². The molecule has 1 saturated heterocycles. The van der Waals surface area contributed by atoms with Crippen LogP contribution in [-0.4, -0.2) is 57.7 Å². The van der Waals surface area contributed by atoms with Gasteiger partial charge in [-0.3, -0.25) is 45.3 Å². The van der Waals surface area contributed by atoms with E-state index in [2.05, 4.69) is 5.32 Å². The Bertz CT molecular complexity index is 1290. The van der Waals surface area contributed by atoms with Crippen molar-refractivity contribution in [2.45, 2.75) is 38.2 Å². The van der Waals surface area contributed by atoms with Gasteiger partial charge in [-0.2, -0.15) is 0 Å². The minimum atomic E-state index is -1.21. The number of benzene rings is 2. The van der Waals surface area contributed by atoms with Crippen LogP contribution in [0, 0.1) is 40.5 Å². The summed E-state index contributed by atoms with van der Waals surface area (Å²) in [6.45, 7) is 1.23. The van der Waals surface area contributed by atoms with Gasteiger partial charge in [-0.05, 0) is 25.0 Å². The normalized spacial score (nSPS) is 18.7. The average Bonchev–Trinajstić information content (AvgIpc) is 2.84. The van der Waals surface area contributed by atoms with E-state index in [0.29, 0.717) is 6.42 Å². The van der Waals surface area contributed by atoms with Gasteiger partial charge < -0.3 is 19.7 Å². The van der Waals surface area contributed by atoms with Crippen LogP contribution in [0.2, 0.25) is 0 Å². The Kier molecular flexibility index (Phi) is 8.31. The van der Waals surface area contributed by atoms with Gasteiger partial charge in [-0.15, -0.1) is 0 Å². The highest BCUT2D eigenvalue weighted by Gasteiger charge is 2.36. The maximum atomic E-state index is 11.7. The minimum absolute atomic E-state index is 0.0385. The van der Waals surface area contributed by atoms with Crippen LogP contribution in [0.4, 0.5) is 34.1 Å². The molecule has 3 rings (SSSR count). The monoisotopic (exact) mass is 534 g/mol. The zero-order valence-corrected chi connectivity index (χ0v) is 20.0. The zero-order valence-electron chi connectivity index (χ0n) is 20.0. The topological polar surface area (TPSA) is 223 Å². The van der Waals surface area contributed by atoms with Gasteiger partial charge in [0.15, 0.2) is 0 Å². The molecule has 3 atom stereocenters. The van der Waals surface area contributed by atoms with E-state index in [1.54, 1.807) is 0 Å². The number of hydrogen-bond donors (Lipinski definition) is 1. The summed E-state index contributed by atoms with van der Waals surface area (Å²) in [5.74, 6) is -0.694. The quantitative estimate of drug-likeness (QED) is 0.263. The van der Waals surface area contributed by atoms with Crippen molar-refractivity contribution in [3.8, 4) is 0 Å². The van der Waals surface area contributed by atoms with E-state index in [9.17, 15) is 45.3 Å². The number of nitro benzene ring substituents is 4. The Morgan fingerprint density at radius 3 is 2.08 bits per heavy atom. The van der Waals surface area contributed by atoms with E-state index in [1.165, 1.54) is 24.1 Å². The number of nitrogens with one attached hydrogen (secondary N) is 1. The van der Waals surface area contributed by atoms with E-state index in [0.717, 1.165) is 31.2 Å². The molecule has 1 N–H and O–H groups in total. The molecule has 1 fully saturated rings. The van der Waals surface area contributed by atoms with Crippen molar-refractivity contribution in [3.63, 3.8) is 0 Å². The van der Waals surface area contributed by atoms with Gasteiger partial charge >= 0.3 is 5.97 Å². The number of ether oxygens (including phenoxy) is 2. The van der Waals surface area contributed by atoms with E-state index in [4.69, 9.17) is 9.47 Å². The van der Waals surface area contributed by atoms with Crippen LogP contribution in [-0.2, 0) is 14.3 Å². The molecular formula is C21H22N6O11. The summed E-state index contributed by atoms with van der Waals surface area (Å²) in [4.78, 5) is 55.1. The molecule has 1 aliphatic heterocycles. The number of nitrogens with zero attached hydrogens (tertiary/aromatic N) is 5. The van der Waals surface area contributed by atoms with Crippen LogP contribution in [0.1, 0.15) is 19.8 Å². The molecule has 17 heteroatoms. The fourth-order valence-electron chi connectivity index (χ4n) is 4.01. The molecule has 17 nitrogen and oxygen atoms in total. The number of carbonyl (C=O) groups is 1. The lowest BCUT2D eigenvalue weighted by atomic mass is 10.0. The molecule has 1 aliphatic rings. The molecule has 202 valence electrons. The Hall–Kier alpha value is -4.93. The standard InChI is InChI=1S/C21H22N6O11/c1-12(28)37-21-17(22-16-6-3-13(24(29)30)9-19(16)26(33)34)7-5-15(38-21)11-23(2)18-8-4-14(25(31)32)10-20(18)27(35)36/h3-4,6,8-10,15,17,21-22H,5,7,11H2,1-2H3/t15-,17+,21-/m1/s1. The molecule has 2 aromatic rings. The van der Waals surface area contributed by atoms with Crippen molar-refractivity contribution >= 4 is 40.1 Å². The number of anilines is 2. The van der Waals surface area contributed by atoms with Gasteiger partial charge in [0.05, 0.1) is 44.0 Å². The van der Waals surface area contributed by atoms with Crippen molar-refractivity contribution < 1.29 is 34.0 Å². The Morgan fingerprint density at radius 2 is 1.53 bits per heavy atom. The maximum absolute atomic E-state index is 11.7. The largest absolute Gasteiger partial charge is 0.434 e. The Balaban J connectivity index is 1.79. The predicted molar refractivity (Wildman–Crippen MR) is 130 cm³/mol. The first-order valence-electron chi connectivity index (χ1n) is 11.0. The number of esters is 1. The van der Waals surface area contributed by atoms with Gasteiger partial charge in [0.25, 0.3) is 22.7 Å².